The van der Waals surface area contributed by atoms with E-state index < -0.39 is 10.9 Å². The number of methoxy groups -OCH3 is 1. The van der Waals surface area contributed by atoms with E-state index in [2.05, 4.69) is 10.1 Å². The van der Waals surface area contributed by atoms with Gasteiger partial charge >= 0.3 is 11.5 Å². The van der Waals surface area contributed by atoms with Crippen LogP contribution in [0.2, 0.25) is 0 Å². The highest BCUT2D eigenvalue weighted by atomic mass is 32.2. The van der Waals surface area contributed by atoms with E-state index in [0.717, 1.165) is 0 Å². The summed E-state index contributed by atoms with van der Waals surface area (Å²) < 4.78 is 39.8. The van der Waals surface area contributed by atoms with Gasteiger partial charge in [-0.05, 0) is 25.6 Å². The maximum atomic E-state index is 11.8. The third kappa shape index (κ3) is 6.95. The smallest absolute Gasteiger partial charge is 0.441 e. The monoisotopic (exact) mass is 259 g/mol. The fourth-order valence-corrected chi connectivity index (χ4v) is 1.47. The van der Waals surface area contributed by atoms with Crippen LogP contribution in [0, 0.1) is 5.41 Å². The Morgan fingerprint density at radius 1 is 1.38 bits per heavy atom. The van der Waals surface area contributed by atoms with Crippen molar-refractivity contribution in [2.24, 2.45) is 5.41 Å². The standard InChI is InChI=1S/C9H16F3NO2S/c1-8(2,7(14)15-3)6-13-4-5-16-9(10,11)12/h13H,4-6H2,1-3H3. The summed E-state index contributed by atoms with van der Waals surface area (Å²) in [6.07, 6.45) is 0. The minimum atomic E-state index is -4.19. The molecular weight excluding hydrogens is 243 g/mol. The Kier molecular flexibility index (Phi) is 6.17. The summed E-state index contributed by atoms with van der Waals surface area (Å²) >= 11 is -0.0804. The molecule has 0 spiro atoms. The maximum Gasteiger partial charge on any atom is 0.441 e. The van der Waals surface area contributed by atoms with Gasteiger partial charge < -0.3 is 10.1 Å². The number of hydrogen-bond donors (Lipinski definition) is 1. The summed E-state index contributed by atoms with van der Waals surface area (Å²) in [7, 11) is 1.28. The predicted molar refractivity (Wildman–Crippen MR) is 57.2 cm³/mol. The first-order chi connectivity index (χ1) is 7.19. The van der Waals surface area contributed by atoms with Gasteiger partial charge in [0.15, 0.2) is 0 Å². The largest absolute Gasteiger partial charge is 0.469 e. The highest BCUT2D eigenvalue weighted by Crippen LogP contribution is 2.29. The van der Waals surface area contributed by atoms with Crippen LogP contribution in [0.3, 0.4) is 0 Å². The minimum absolute atomic E-state index is 0.0687. The molecule has 0 bridgehead atoms. The molecule has 0 amide bonds. The quantitative estimate of drug-likeness (QED) is 0.585. The predicted octanol–water partition coefficient (Wildman–Crippen LogP) is 2.03. The van der Waals surface area contributed by atoms with Gasteiger partial charge in [0, 0.05) is 18.8 Å². The molecule has 0 aromatic carbocycles. The summed E-state index contributed by atoms with van der Waals surface area (Å²) in [5, 5.41) is 2.79. The first-order valence-electron chi connectivity index (χ1n) is 4.69. The molecule has 1 N–H and O–H groups in total. The van der Waals surface area contributed by atoms with Crippen LogP contribution < -0.4 is 5.32 Å². The Balaban J connectivity index is 3.70. The van der Waals surface area contributed by atoms with Crippen LogP contribution in [-0.4, -0.2) is 37.4 Å². The molecular formula is C9H16F3NO2S. The van der Waals surface area contributed by atoms with E-state index in [4.69, 9.17) is 0 Å². The zero-order valence-corrected chi connectivity index (χ0v) is 10.3. The van der Waals surface area contributed by atoms with Gasteiger partial charge in [0.1, 0.15) is 0 Å². The number of carbonyl (C=O) groups excluding carboxylic acids is 1. The number of alkyl halides is 3. The van der Waals surface area contributed by atoms with Gasteiger partial charge in [-0.25, -0.2) is 0 Å². The molecule has 7 heteroatoms. The van der Waals surface area contributed by atoms with Crippen LogP contribution in [0.5, 0.6) is 0 Å². The lowest BCUT2D eigenvalue weighted by Crippen LogP contribution is -2.37. The zero-order valence-electron chi connectivity index (χ0n) is 9.48. The van der Waals surface area contributed by atoms with Crippen LogP contribution in [0.1, 0.15) is 13.8 Å². The molecule has 0 aliphatic heterocycles. The van der Waals surface area contributed by atoms with Gasteiger partial charge in [-0.15, -0.1) is 0 Å². The third-order valence-electron chi connectivity index (χ3n) is 1.85. The van der Waals surface area contributed by atoms with Crippen LogP contribution >= 0.6 is 11.8 Å². The number of thioether (sulfide) groups is 1. The molecule has 16 heavy (non-hydrogen) atoms. The van der Waals surface area contributed by atoms with Crippen molar-refractivity contribution < 1.29 is 22.7 Å². The Hall–Kier alpha value is -0.430. The molecule has 96 valence electrons. The van der Waals surface area contributed by atoms with Gasteiger partial charge in [-0.2, -0.15) is 13.2 Å². The lowest BCUT2D eigenvalue weighted by Gasteiger charge is -2.21. The first-order valence-corrected chi connectivity index (χ1v) is 5.67. The second-order valence-electron chi connectivity index (χ2n) is 3.85. The molecule has 0 aromatic heterocycles. The molecule has 0 aliphatic rings. The second kappa shape index (κ2) is 6.34. The number of ether oxygens (including phenoxy) is 1. The number of nitrogens with one attached hydrogen (secondary N) is 1. The van der Waals surface area contributed by atoms with Gasteiger partial charge in [-0.3, -0.25) is 4.79 Å². The Morgan fingerprint density at radius 2 is 1.94 bits per heavy atom. The van der Waals surface area contributed by atoms with E-state index in [9.17, 15) is 18.0 Å². The van der Waals surface area contributed by atoms with Gasteiger partial charge in [0.05, 0.1) is 12.5 Å². The van der Waals surface area contributed by atoms with Crippen LogP contribution in [0.4, 0.5) is 13.2 Å². The summed E-state index contributed by atoms with van der Waals surface area (Å²) in [6.45, 7) is 3.83. The first kappa shape index (κ1) is 15.6. The average Bonchev–Trinajstić information content (AvgIpc) is 2.14. The number of hydrogen-bond acceptors (Lipinski definition) is 4. The summed E-state index contributed by atoms with van der Waals surface area (Å²) in [5.41, 5.74) is -4.92. The normalized spacial score (nSPS) is 12.6. The van der Waals surface area contributed by atoms with Crippen molar-refractivity contribution in [2.75, 3.05) is 26.0 Å². The number of halogens is 3. The molecule has 0 unspecified atom stereocenters. The van der Waals surface area contributed by atoms with Crippen LogP contribution in [0.15, 0.2) is 0 Å². The average molecular weight is 259 g/mol. The lowest BCUT2D eigenvalue weighted by atomic mass is 9.94. The fourth-order valence-electron chi connectivity index (χ4n) is 0.988. The Morgan fingerprint density at radius 3 is 2.38 bits per heavy atom. The molecule has 0 aliphatic carbocycles. The Bertz CT molecular complexity index is 231. The summed E-state index contributed by atoms with van der Waals surface area (Å²) in [5.74, 6) is -0.454. The van der Waals surface area contributed by atoms with Crippen molar-refractivity contribution >= 4 is 17.7 Å². The van der Waals surface area contributed by atoms with E-state index >= 15 is 0 Å². The summed E-state index contributed by atoms with van der Waals surface area (Å²) in [4.78, 5) is 11.2. The molecule has 0 heterocycles. The molecule has 0 atom stereocenters. The number of carbonyl (C=O) groups is 1. The van der Waals surface area contributed by atoms with Gasteiger partial charge in [0.2, 0.25) is 0 Å². The van der Waals surface area contributed by atoms with E-state index in [1.165, 1.54) is 7.11 Å². The highest BCUT2D eigenvalue weighted by Gasteiger charge is 2.29. The van der Waals surface area contributed by atoms with Gasteiger partial charge in [-0.1, -0.05) is 0 Å². The van der Waals surface area contributed by atoms with E-state index in [0.29, 0.717) is 0 Å². The van der Waals surface area contributed by atoms with Crippen molar-refractivity contribution in [1.82, 2.24) is 5.32 Å². The highest BCUT2D eigenvalue weighted by molar-refractivity contribution is 8.00. The molecule has 0 rings (SSSR count). The zero-order chi connectivity index (χ0) is 12.8. The maximum absolute atomic E-state index is 11.8. The van der Waals surface area contributed by atoms with Crippen molar-refractivity contribution in [3.63, 3.8) is 0 Å². The van der Waals surface area contributed by atoms with Gasteiger partial charge in [0.25, 0.3) is 0 Å². The molecule has 0 aromatic rings. The second-order valence-corrected chi connectivity index (χ2v) is 5.01. The van der Waals surface area contributed by atoms with E-state index in [-0.39, 0.29) is 36.6 Å². The van der Waals surface area contributed by atoms with Crippen molar-refractivity contribution in [2.45, 2.75) is 19.4 Å². The number of rotatable bonds is 6. The van der Waals surface area contributed by atoms with Crippen LogP contribution in [0.25, 0.3) is 0 Å². The van der Waals surface area contributed by atoms with Crippen molar-refractivity contribution in [3.8, 4) is 0 Å². The molecule has 3 nitrogen and oxygen atoms in total. The van der Waals surface area contributed by atoms with Crippen LogP contribution in [-0.2, 0) is 9.53 Å². The van der Waals surface area contributed by atoms with Crippen molar-refractivity contribution in [3.05, 3.63) is 0 Å². The molecule has 0 saturated carbocycles. The third-order valence-corrected chi connectivity index (χ3v) is 2.59. The molecule has 0 radical (unpaired) electrons. The van der Waals surface area contributed by atoms with Crippen molar-refractivity contribution in [1.29, 1.82) is 0 Å². The Labute approximate surface area is 97.1 Å². The minimum Gasteiger partial charge on any atom is -0.469 e. The molecule has 0 fully saturated rings. The topological polar surface area (TPSA) is 38.3 Å². The fraction of sp³-hybridized carbons (Fsp3) is 0.889. The lowest BCUT2D eigenvalue weighted by molar-refractivity contribution is -0.150. The number of esters is 1. The molecule has 0 saturated heterocycles. The van der Waals surface area contributed by atoms with E-state index in [1.807, 2.05) is 0 Å². The SMILES string of the molecule is COC(=O)C(C)(C)CNCCSC(F)(F)F. The van der Waals surface area contributed by atoms with E-state index in [1.54, 1.807) is 13.8 Å². The summed E-state index contributed by atoms with van der Waals surface area (Å²) in [6, 6.07) is 0.